The Morgan fingerprint density at radius 1 is 1.35 bits per heavy atom. The lowest BCUT2D eigenvalue weighted by atomic mass is 9.77. The summed E-state index contributed by atoms with van der Waals surface area (Å²) in [4.78, 5) is 0. The van der Waals surface area contributed by atoms with E-state index in [-0.39, 0.29) is 17.9 Å². The van der Waals surface area contributed by atoms with Crippen molar-refractivity contribution in [2.45, 2.75) is 58.2 Å². The standard InChI is InChI=1S/C15H26O2/c1-9(2)11-7-8-15(4,17)12-6-5-10(3)13(12)14(11)16/h9,11-14,16-17H,3,5-8H2,1-2,4H3/t11-,12?,13?,14-,15+/m1/s1. The van der Waals surface area contributed by atoms with Gasteiger partial charge in [0.1, 0.15) is 0 Å². The molecule has 5 atom stereocenters. The molecule has 2 aliphatic rings. The van der Waals surface area contributed by atoms with Crippen molar-refractivity contribution < 1.29 is 10.2 Å². The van der Waals surface area contributed by atoms with Gasteiger partial charge >= 0.3 is 0 Å². The maximum absolute atomic E-state index is 10.6. The van der Waals surface area contributed by atoms with Crippen LogP contribution in [0.1, 0.15) is 46.5 Å². The van der Waals surface area contributed by atoms with Crippen LogP contribution in [0.15, 0.2) is 12.2 Å². The van der Waals surface area contributed by atoms with E-state index in [1.54, 1.807) is 0 Å². The van der Waals surface area contributed by atoms with Crippen molar-refractivity contribution >= 4 is 0 Å². The van der Waals surface area contributed by atoms with Crippen molar-refractivity contribution in [3.63, 3.8) is 0 Å². The molecule has 0 spiro atoms. The fourth-order valence-electron chi connectivity index (χ4n) is 3.96. The summed E-state index contributed by atoms with van der Waals surface area (Å²) in [5.41, 5.74) is 0.518. The number of fused-ring (bicyclic) bond motifs is 1. The molecular formula is C15H26O2. The van der Waals surface area contributed by atoms with Crippen molar-refractivity contribution in [2.24, 2.45) is 23.7 Å². The molecule has 98 valence electrons. The zero-order valence-corrected chi connectivity index (χ0v) is 11.3. The van der Waals surface area contributed by atoms with Gasteiger partial charge in [0.2, 0.25) is 0 Å². The fourth-order valence-corrected chi connectivity index (χ4v) is 3.96. The van der Waals surface area contributed by atoms with Crippen LogP contribution in [0.2, 0.25) is 0 Å². The predicted octanol–water partition coefficient (Wildman–Crippen LogP) is 2.75. The lowest BCUT2D eigenvalue weighted by molar-refractivity contribution is -0.0320. The molecule has 0 saturated heterocycles. The zero-order chi connectivity index (χ0) is 12.8. The molecule has 0 radical (unpaired) electrons. The molecule has 0 aromatic heterocycles. The summed E-state index contributed by atoms with van der Waals surface area (Å²) in [6.07, 6.45) is 3.36. The van der Waals surface area contributed by atoms with E-state index in [1.807, 2.05) is 6.92 Å². The van der Waals surface area contributed by atoms with E-state index in [1.165, 1.54) is 0 Å². The molecule has 2 rings (SSSR count). The first-order valence-corrected chi connectivity index (χ1v) is 6.92. The average molecular weight is 238 g/mol. The molecule has 0 amide bonds. The zero-order valence-electron chi connectivity index (χ0n) is 11.3. The molecule has 0 aromatic carbocycles. The summed E-state index contributed by atoms with van der Waals surface area (Å²) >= 11 is 0. The summed E-state index contributed by atoms with van der Waals surface area (Å²) in [7, 11) is 0. The molecule has 0 heterocycles. The van der Waals surface area contributed by atoms with E-state index < -0.39 is 5.60 Å². The molecule has 2 heteroatoms. The Morgan fingerprint density at radius 3 is 2.59 bits per heavy atom. The smallest absolute Gasteiger partial charge is 0.0654 e. The number of hydrogen-bond acceptors (Lipinski definition) is 2. The van der Waals surface area contributed by atoms with Crippen LogP contribution in [-0.4, -0.2) is 21.9 Å². The molecule has 2 saturated carbocycles. The van der Waals surface area contributed by atoms with Crippen LogP contribution in [0.4, 0.5) is 0 Å². The minimum atomic E-state index is -0.630. The molecule has 0 aliphatic heterocycles. The first-order chi connectivity index (χ1) is 7.84. The van der Waals surface area contributed by atoms with Crippen molar-refractivity contribution in [2.75, 3.05) is 0 Å². The molecular weight excluding hydrogens is 212 g/mol. The molecule has 0 aromatic rings. The Bertz CT molecular complexity index is 306. The van der Waals surface area contributed by atoms with Gasteiger partial charge in [0, 0.05) is 5.92 Å². The lowest BCUT2D eigenvalue weighted by Gasteiger charge is -2.34. The topological polar surface area (TPSA) is 40.5 Å². The lowest BCUT2D eigenvalue weighted by Crippen LogP contribution is -2.39. The summed E-state index contributed by atoms with van der Waals surface area (Å²) in [5, 5.41) is 21.2. The highest BCUT2D eigenvalue weighted by Crippen LogP contribution is 2.50. The SMILES string of the molecule is C=C1CCC2C1[C@H](O)[C@@H](C(C)C)CC[C@]2(C)O. The third kappa shape index (κ3) is 2.17. The van der Waals surface area contributed by atoms with Crippen LogP contribution < -0.4 is 0 Å². The molecule has 2 N–H and O–H groups in total. The number of aliphatic hydroxyl groups is 2. The Morgan fingerprint density at radius 2 is 2.00 bits per heavy atom. The van der Waals surface area contributed by atoms with Gasteiger partial charge in [-0.25, -0.2) is 0 Å². The van der Waals surface area contributed by atoms with E-state index in [9.17, 15) is 10.2 Å². The van der Waals surface area contributed by atoms with Gasteiger partial charge in [-0.05, 0) is 50.4 Å². The van der Waals surface area contributed by atoms with E-state index in [2.05, 4.69) is 20.4 Å². The summed E-state index contributed by atoms with van der Waals surface area (Å²) < 4.78 is 0. The quantitative estimate of drug-likeness (QED) is 0.690. The second-order valence-corrected chi connectivity index (χ2v) is 6.62. The monoisotopic (exact) mass is 238 g/mol. The van der Waals surface area contributed by atoms with Gasteiger partial charge in [0.15, 0.2) is 0 Å². The van der Waals surface area contributed by atoms with Crippen LogP contribution in [0.3, 0.4) is 0 Å². The summed E-state index contributed by atoms with van der Waals surface area (Å²) in [5.74, 6) is 1.08. The maximum Gasteiger partial charge on any atom is 0.0654 e. The molecule has 2 aliphatic carbocycles. The van der Waals surface area contributed by atoms with Gasteiger partial charge in [-0.1, -0.05) is 26.0 Å². The van der Waals surface area contributed by atoms with Crippen molar-refractivity contribution in [1.82, 2.24) is 0 Å². The normalized spacial score (nSPS) is 47.1. The highest BCUT2D eigenvalue weighted by molar-refractivity contribution is 5.16. The van der Waals surface area contributed by atoms with Crippen LogP contribution in [-0.2, 0) is 0 Å². The molecule has 2 nitrogen and oxygen atoms in total. The van der Waals surface area contributed by atoms with Crippen LogP contribution in [0, 0.1) is 23.7 Å². The minimum Gasteiger partial charge on any atom is -0.392 e. The first-order valence-electron chi connectivity index (χ1n) is 6.92. The molecule has 17 heavy (non-hydrogen) atoms. The summed E-state index contributed by atoms with van der Waals surface area (Å²) in [6.45, 7) is 10.4. The van der Waals surface area contributed by atoms with Crippen molar-refractivity contribution in [3.05, 3.63) is 12.2 Å². The maximum atomic E-state index is 10.6. The Balaban J connectivity index is 2.32. The Labute approximate surface area is 105 Å². The van der Waals surface area contributed by atoms with E-state index in [0.29, 0.717) is 11.8 Å². The molecule has 0 bridgehead atoms. The highest BCUT2D eigenvalue weighted by Gasteiger charge is 2.49. The third-order valence-electron chi connectivity index (χ3n) is 5.13. The van der Waals surface area contributed by atoms with Gasteiger partial charge in [0.25, 0.3) is 0 Å². The van der Waals surface area contributed by atoms with Gasteiger partial charge in [-0.2, -0.15) is 0 Å². The Kier molecular flexibility index (Phi) is 3.39. The number of rotatable bonds is 1. The minimum absolute atomic E-state index is 0.111. The molecule has 2 unspecified atom stereocenters. The van der Waals surface area contributed by atoms with Crippen LogP contribution in [0.5, 0.6) is 0 Å². The number of aliphatic hydroxyl groups excluding tert-OH is 1. The Hall–Kier alpha value is -0.340. The van der Waals surface area contributed by atoms with Gasteiger partial charge in [-0.15, -0.1) is 0 Å². The van der Waals surface area contributed by atoms with Crippen LogP contribution >= 0.6 is 0 Å². The largest absolute Gasteiger partial charge is 0.392 e. The van der Waals surface area contributed by atoms with Crippen molar-refractivity contribution in [3.8, 4) is 0 Å². The van der Waals surface area contributed by atoms with Crippen LogP contribution in [0.25, 0.3) is 0 Å². The first kappa shape index (κ1) is 13.1. The van der Waals surface area contributed by atoms with E-state index >= 15 is 0 Å². The third-order valence-corrected chi connectivity index (χ3v) is 5.13. The van der Waals surface area contributed by atoms with Gasteiger partial charge in [0.05, 0.1) is 11.7 Å². The van der Waals surface area contributed by atoms with Gasteiger partial charge in [-0.3, -0.25) is 0 Å². The second kappa shape index (κ2) is 4.40. The van der Waals surface area contributed by atoms with Crippen molar-refractivity contribution in [1.29, 1.82) is 0 Å². The molecule has 2 fully saturated rings. The number of hydrogen-bond donors (Lipinski definition) is 2. The average Bonchev–Trinajstić information content (AvgIpc) is 2.55. The van der Waals surface area contributed by atoms with E-state index in [0.717, 1.165) is 31.3 Å². The van der Waals surface area contributed by atoms with E-state index in [4.69, 9.17) is 0 Å². The predicted molar refractivity (Wildman–Crippen MR) is 69.5 cm³/mol. The highest BCUT2D eigenvalue weighted by atomic mass is 16.3. The second-order valence-electron chi connectivity index (χ2n) is 6.62. The fraction of sp³-hybridized carbons (Fsp3) is 0.867. The van der Waals surface area contributed by atoms with Gasteiger partial charge < -0.3 is 10.2 Å². The summed E-state index contributed by atoms with van der Waals surface area (Å²) in [6, 6.07) is 0.